The van der Waals surface area contributed by atoms with E-state index in [-0.39, 0.29) is 29.6 Å². The highest BCUT2D eigenvalue weighted by molar-refractivity contribution is 6.30. The van der Waals surface area contributed by atoms with E-state index >= 15 is 0 Å². The summed E-state index contributed by atoms with van der Waals surface area (Å²) in [5.41, 5.74) is 1.54. The second-order valence-corrected chi connectivity index (χ2v) is 8.32. The number of hydrogen-bond donors (Lipinski definition) is 0. The molecule has 0 spiro atoms. The summed E-state index contributed by atoms with van der Waals surface area (Å²) in [6.45, 7) is 1.77. The van der Waals surface area contributed by atoms with Gasteiger partial charge in [0.15, 0.2) is 0 Å². The van der Waals surface area contributed by atoms with E-state index in [4.69, 9.17) is 16.0 Å². The molecule has 1 aliphatic carbocycles. The maximum absolute atomic E-state index is 12.9. The van der Waals surface area contributed by atoms with Crippen LogP contribution in [-0.4, -0.2) is 18.7 Å². The fraction of sp³-hybridized carbons (Fsp3) is 0.273. The van der Waals surface area contributed by atoms with Gasteiger partial charge in [0.2, 0.25) is 5.89 Å². The van der Waals surface area contributed by atoms with Crippen LogP contribution in [0.2, 0.25) is 5.02 Å². The summed E-state index contributed by atoms with van der Waals surface area (Å²) in [6.07, 6.45) is 4.59. The fourth-order valence-corrected chi connectivity index (χ4v) is 4.24. The molecular weight excluding hydrogens is 420 g/mol. The van der Waals surface area contributed by atoms with Crippen molar-refractivity contribution in [3.63, 3.8) is 0 Å². The van der Waals surface area contributed by atoms with Crippen LogP contribution in [0.1, 0.15) is 41.8 Å². The minimum atomic E-state index is -0.532. The van der Waals surface area contributed by atoms with Gasteiger partial charge in [-0.2, -0.15) is 4.68 Å². The standard InChI is InChI=1S/C22H19ClN4O4/c1-13-2-7-19(28)26-9-8-25(21(29)20(13)26)12-18-24-27(22(30)31-18)17-10-15(11-17)14-3-5-16(23)6-4-14/h2-9,15,17H,10-12H2,1H3. The van der Waals surface area contributed by atoms with Crippen LogP contribution >= 0.6 is 11.6 Å². The molecule has 0 saturated heterocycles. The smallest absolute Gasteiger partial charge is 0.390 e. The second kappa shape index (κ2) is 7.39. The summed E-state index contributed by atoms with van der Waals surface area (Å²) >= 11 is 5.94. The third-order valence-electron chi connectivity index (χ3n) is 5.90. The molecule has 0 bridgehead atoms. The second-order valence-electron chi connectivity index (χ2n) is 7.88. The van der Waals surface area contributed by atoms with Gasteiger partial charge in [0.25, 0.3) is 11.1 Å². The Morgan fingerprint density at radius 3 is 2.55 bits per heavy atom. The highest BCUT2D eigenvalue weighted by Gasteiger charge is 2.34. The minimum Gasteiger partial charge on any atom is -0.390 e. The van der Waals surface area contributed by atoms with E-state index in [0.29, 0.717) is 22.0 Å². The average molecular weight is 439 g/mol. The number of hydrogen-bond acceptors (Lipinski definition) is 5. The largest absolute Gasteiger partial charge is 0.437 e. The average Bonchev–Trinajstić information content (AvgIpc) is 3.06. The predicted molar refractivity (Wildman–Crippen MR) is 115 cm³/mol. The molecule has 1 saturated carbocycles. The molecule has 8 nitrogen and oxygen atoms in total. The van der Waals surface area contributed by atoms with E-state index in [1.807, 2.05) is 24.3 Å². The normalized spacial score (nSPS) is 18.3. The molecule has 1 aliphatic rings. The van der Waals surface area contributed by atoms with Gasteiger partial charge in [0, 0.05) is 23.5 Å². The number of pyridine rings is 1. The van der Waals surface area contributed by atoms with Gasteiger partial charge in [-0.3, -0.25) is 14.0 Å². The van der Waals surface area contributed by atoms with Crippen molar-refractivity contribution in [1.82, 2.24) is 18.7 Å². The van der Waals surface area contributed by atoms with Crippen molar-refractivity contribution in [3.05, 3.63) is 102 Å². The zero-order chi connectivity index (χ0) is 21.7. The molecule has 3 heterocycles. The number of aromatic nitrogens is 4. The predicted octanol–water partition coefficient (Wildman–Crippen LogP) is 2.74. The summed E-state index contributed by atoms with van der Waals surface area (Å²) in [4.78, 5) is 37.2. The van der Waals surface area contributed by atoms with Crippen LogP contribution in [0.5, 0.6) is 0 Å². The molecule has 0 radical (unpaired) electrons. The molecule has 9 heteroatoms. The van der Waals surface area contributed by atoms with Crippen molar-refractivity contribution >= 4 is 17.1 Å². The molecule has 0 amide bonds. The zero-order valence-electron chi connectivity index (χ0n) is 16.7. The highest BCUT2D eigenvalue weighted by Crippen LogP contribution is 2.43. The Morgan fingerprint density at radius 1 is 1.06 bits per heavy atom. The lowest BCUT2D eigenvalue weighted by molar-refractivity contribution is 0.233. The maximum atomic E-state index is 12.9. The molecule has 5 rings (SSSR count). The Balaban J connectivity index is 1.38. The topological polar surface area (TPSA) is 91.5 Å². The maximum Gasteiger partial charge on any atom is 0.437 e. The van der Waals surface area contributed by atoms with Gasteiger partial charge in [0.05, 0.1) is 6.04 Å². The van der Waals surface area contributed by atoms with Crippen molar-refractivity contribution in [3.8, 4) is 0 Å². The molecule has 0 unspecified atom stereocenters. The zero-order valence-corrected chi connectivity index (χ0v) is 17.5. The number of halogens is 1. The van der Waals surface area contributed by atoms with Crippen LogP contribution in [0.3, 0.4) is 0 Å². The van der Waals surface area contributed by atoms with Crippen molar-refractivity contribution < 1.29 is 4.42 Å². The number of aryl methyl sites for hydroxylation is 1. The Bertz CT molecular complexity index is 1460. The van der Waals surface area contributed by atoms with Gasteiger partial charge >= 0.3 is 5.76 Å². The fourth-order valence-electron chi connectivity index (χ4n) is 4.11. The summed E-state index contributed by atoms with van der Waals surface area (Å²) < 4.78 is 9.37. The van der Waals surface area contributed by atoms with E-state index < -0.39 is 5.76 Å². The Hall–Kier alpha value is -3.39. The first-order valence-electron chi connectivity index (χ1n) is 9.96. The van der Waals surface area contributed by atoms with Gasteiger partial charge in [-0.25, -0.2) is 4.79 Å². The first-order chi connectivity index (χ1) is 14.9. The van der Waals surface area contributed by atoms with Crippen molar-refractivity contribution in [2.24, 2.45) is 0 Å². The molecule has 0 atom stereocenters. The van der Waals surface area contributed by atoms with Gasteiger partial charge < -0.3 is 8.98 Å². The van der Waals surface area contributed by atoms with Crippen LogP contribution in [0.15, 0.2) is 67.6 Å². The van der Waals surface area contributed by atoms with Gasteiger partial charge in [0.1, 0.15) is 12.1 Å². The summed E-state index contributed by atoms with van der Waals surface area (Å²) in [6, 6.07) is 10.7. The van der Waals surface area contributed by atoms with Crippen LogP contribution in [0, 0.1) is 6.92 Å². The van der Waals surface area contributed by atoms with E-state index in [2.05, 4.69) is 5.10 Å². The summed E-state index contributed by atoms with van der Waals surface area (Å²) in [7, 11) is 0. The Kier molecular flexibility index (Phi) is 4.66. The molecule has 0 aliphatic heterocycles. The lowest BCUT2D eigenvalue weighted by Crippen LogP contribution is -2.32. The summed E-state index contributed by atoms with van der Waals surface area (Å²) in [5.74, 6) is -0.0307. The molecule has 3 aromatic heterocycles. The lowest BCUT2D eigenvalue weighted by Gasteiger charge is -2.34. The number of benzene rings is 1. The van der Waals surface area contributed by atoms with Gasteiger partial charge in [-0.1, -0.05) is 29.8 Å². The third kappa shape index (κ3) is 3.42. The summed E-state index contributed by atoms with van der Waals surface area (Å²) in [5, 5.41) is 5.01. The van der Waals surface area contributed by atoms with E-state index in [9.17, 15) is 14.4 Å². The molecule has 158 valence electrons. The molecule has 31 heavy (non-hydrogen) atoms. The van der Waals surface area contributed by atoms with Gasteiger partial charge in [-0.05, 0) is 48.9 Å². The monoisotopic (exact) mass is 438 g/mol. The first kappa shape index (κ1) is 19.6. The first-order valence-corrected chi connectivity index (χ1v) is 10.3. The highest BCUT2D eigenvalue weighted by atomic mass is 35.5. The van der Waals surface area contributed by atoms with Crippen molar-refractivity contribution in [1.29, 1.82) is 0 Å². The van der Waals surface area contributed by atoms with E-state index in [0.717, 1.165) is 12.8 Å². The molecular formula is C22H19ClN4O4. The SMILES string of the molecule is Cc1ccc(=O)n2ccn(Cc3nn(C4CC(c5ccc(Cl)cc5)C4)c(=O)o3)c(=O)c12. The lowest BCUT2D eigenvalue weighted by atomic mass is 9.76. The third-order valence-corrected chi connectivity index (χ3v) is 6.16. The van der Waals surface area contributed by atoms with Crippen LogP contribution in [-0.2, 0) is 6.54 Å². The molecule has 1 aromatic carbocycles. The van der Waals surface area contributed by atoms with E-state index in [1.165, 1.54) is 37.7 Å². The quantitative estimate of drug-likeness (QED) is 0.488. The number of fused-ring (bicyclic) bond motifs is 1. The van der Waals surface area contributed by atoms with E-state index in [1.54, 1.807) is 13.0 Å². The molecule has 1 fully saturated rings. The Morgan fingerprint density at radius 2 is 1.81 bits per heavy atom. The van der Waals surface area contributed by atoms with Gasteiger partial charge in [-0.15, -0.1) is 5.10 Å². The van der Waals surface area contributed by atoms with Crippen molar-refractivity contribution in [2.75, 3.05) is 0 Å². The molecule has 0 N–H and O–H groups in total. The Labute approximate surface area is 180 Å². The number of nitrogens with zero attached hydrogens (tertiary/aromatic N) is 4. The van der Waals surface area contributed by atoms with Crippen LogP contribution in [0.25, 0.3) is 5.52 Å². The minimum absolute atomic E-state index is 0.00737. The van der Waals surface area contributed by atoms with Crippen LogP contribution < -0.4 is 16.9 Å². The van der Waals surface area contributed by atoms with Crippen molar-refractivity contribution in [2.45, 2.75) is 38.3 Å². The van der Waals surface area contributed by atoms with Crippen LogP contribution in [0.4, 0.5) is 0 Å². The molecule has 4 aromatic rings. The number of rotatable bonds is 4.